The Kier molecular flexibility index (Phi) is 3.60. The predicted octanol–water partition coefficient (Wildman–Crippen LogP) is 3.08. The van der Waals surface area contributed by atoms with Crippen molar-refractivity contribution < 1.29 is 22.4 Å². The molecule has 3 nitrogen and oxygen atoms in total. The van der Waals surface area contributed by atoms with Crippen LogP contribution >= 0.6 is 0 Å². The molecule has 0 spiro atoms. The van der Waals surface area contributed by atoms with Gasteiger partial charge in [0.2, 0.25) is 0 Å². The molecule has 2 rings (SSSR count). The lowest BCUT2D eigenvalue weighted by Gasteiger charge is -2.08. The summed E-state index contributed by atoms with van der Waals surface area (Å²) >= 11 is 0. The molecule has 3 N–H and O–H groups in total. The summed E-state index contributed by atoms with van der Waals surface area (Å²) in [6.45, 7) is 0. The van der Waals surface area contributed by atoms with E-state index < -0.39 is 34.9 Å². The second-order valence-electron chi connectivity index (χ2n) is 3.94. The number of halogens is 4. The van der Waals surface area contributed by atoms with E-state index >= 15 is 0 Å². The summed E-state index contributed by atoms with van der Waals surface area (Å²) < 4.78 is 52.2. The summed E-state index contributed by atoms with van der Waals surface area (Å²) in [5, 5.41) is 1.98. The minimum Gasteiger partial charge on any atom is -0.396 e. The molecular weight excluding hydrogens is 276 g/mol. The molecule has 2 aromatic carbocycles. The van der Waals surface area contributed by atoms with E-state index in [1.807, 2.05) is 5.32 Å². The fourth-order valence-electron chi connectivity index (χ4n) is 1.53. The Bertz CT molecular complexity index is 688. The Labute approximate surface area is 111 Å². The van der Waals surface area contributed by atoms with Crippen molar-refractivity contribution in [3.8, 4) is 0 Å². The van der Waals surface area contributed by atoms with Gasteiger partial charge in [-0.05, 0) is 18.2 Å². The fraction of sp³-hybridized carbons (Fsp3) is 0. The molecule has 0 heterocycles. The van der Waals surface area contributed by atoms with Crippen LogP contribution < -0.4 is 11.1 Å². The summed E-state index contributed by atoms with van der Waals surface area (Å²) in [5.41, 5.74) is 4.27. The molecule has 0 fully saturated rings. The summed E-state index contributed by atoms with van der Waals surface area (Å²) in [5.74, 6) is -5.46. The second-order valence-corrected chi connectivity index (χ2v) is 3.94. The molecule has 0 radical (unpaired) electrons. The number of hydrogen-bond acceptors (Lipinski definition) is 2. The number of nitrogens with two attached hydrogens (primary N) is 1. The number of benzene rings is 2. The van der Waals surface area contributed by atoms with Gasteiger partial charge in [0.05, 0.1) is 11.4 Å². The lowest BCUT2D eigenvalue weighted by atomic mass is 10.1. The van der Waals surface area contributed by atoms with Gasteiger partial charge in [-0.25, -0.2) is 17.6 Å². The predicted molar refractivity (Wildman–Crippen MR) is 65.1 cm³/mol. The summed E-state index contributed by atoms with van der Waals surface area (Å²) in [4.78, 5) is 11.8. The van der Waals surface area contributed by atoms with Crippen LogP contribution in [0.15, 0.2) is 30.3 Å². The second kappa shape index (κ2) is 5.20. The first-order valence-corrected chi connectivity index (χ1v) is 5.39. The molecule has 2 aromatic rings. The largest absolute Gasteiger partial charge is 0.396 e. The van der Waals surface area contributed by atoms with Crippen molar-refractivity contribution in [2.24, 2.45) is 0 Å². The zero-order valence-electron chi connectivity index (χ0n) is 9.88. The topological polar surface area (TPSA) is 55.1 Å². The quantitative estimate of drug-likeness (QED) is 0.506. The maximum absolute atomic E-state index is 13.4. The van der Waals surface area contributed by atoms with Crippen molar-refractivity contribution in [3.63, 3.8) is 0 Å². The van der Waals surface area contributed by atoms with Crippen LogP contribution in [0, 0.1) is 23.3 Å². The van der Waals surface area contributed by atoms with Crippen LogP contribution in [0.1, 0.15) is 10.4 Å². The third-order valence-corrected chi connectivity index (χ3v) is 2.50. The molecule has 0 saturated carbocycles. The number of rotatable bonds is 2. The minimum atomic E-state index is -1.43. The highest BCUT2D eigenvalue weighted by molar-refractivity contribution is 6.04. The van der Waals surface area contributed by atoms with Gasteiger partial charge in [0, 0.05) is 17.7 Å². The van der Waals surface area contributed by atoms with Crippen LogP contribution in [0.5, 0.6) is 0 Å². The molecule has 0 atom stereocenters. The van der Waals surface area contributed by atoms with Crippen LogP contribution in [0.3, 0.4) is 0 Å². The molecular formula is C13H8F4N2O. The van der Waals surface area contributed by atoms with E-state index in [2.05, 4.69) is 0 Å². The van der Waals surface area contributed by atoms with E-state index in [4.69, 9.17) is 5.73 Å². The molecule has 0 aliphatic rings. The molecule has 0 saturated heterocycles. The third-order valence-electron chi connectivity index (χ3n) is 2.50. The van der Waals surface area contributed by atoms with Crippen LogP contribution in [-0.2, 0) is 0 Å². The monoisotopic (exact) mass is 284 g/mol. The van der Waals surface area contributed by atoms with Gasteiger partial charge in [0.25, 0.3) is 5.91 Å². The Balaban J connectivity index is 2.30. The van der Waals surface area contributed by atoms with E-state index in [1.165, 1.54) is 0 Å². The molecule has 7 heteroatoms. The Morgan fingerprint density at radius 3 is 2.35 bits per heavy atom. The molecule has 0 aromatic heterocycles. The normalized spacial score (nSPS) is 10.4. The average molecular weight is 284 g/mol. The smallest absolute Gasteiger partial charge is 0.255 e. The highest BCUT2D eigenvalue weighted by Crippen LogP contribution is 2.20. The van der Waals surface area contributed by atoms with Gasteiger partial charge in [-0.1, -0.05) is 0 Å². The van der Waals surface area contributed by atoms with Crippen molar-refractivity contribution in [1.29, 1.82) is 0 Å². The highest BCUT2D eigenvalue weighted by Gasteiger charge is 2.15. The Morgan fingerprint density at radius 1 is 1.00 bits per heavy atom. The standard InChI is InChI=1S/C13H8F4N2O/c14-7-4-9(16)12(17)11(5-7)19-13(20)6-1-2-8(15)10(18)3-6/h1-5H,18H2,(H,19,20). The molecule has 20 heavy (non-hydrogen) atoms. The summed E-state index contributed by atoms with van der Waals surface area (Å²) in [7, 11) is 0. The minimum absolute atomic E-state index is 0.0760. The first-order chi connectivity index (χ1) is 9.38. The summed E-state index contributed by atoms with van der Waals surface area (Å²) in [6, 6.07) is 4.06. The van der Waals surface area contributed by atoms with Gasteiger partial charge >= 0.3 is 0 Å². The van der Waals surface area contributed by atoms with E-state index in [0.717, 1.165) is 18.2 Å². The van der Waals surface area contributed by atoms with Gasteiger partial charge in [0.15, 0.2) is 11.6 Å². The van der Waals surface area contributed by atoms with Gasteiger partial charge < -0.3 is 11.1 Å². The fourth-order valence-corrected chi connectivity index (χ4v) is 1.53. The lowest BCUT2D eigenvalue weighted by Crippen LogP contribution is -2.14. The van der Waals surface area contributed by atoms with Gasteiger partial charge in [-0.3, -0.25) is 4.79 Å². The number of carbonyl (C=O) groups excluding carboxylic acids is 1. The number of nitrogens with one attached hydrogen (secondary N) is 1. The number of anilines is 2. The SMILES string of the molecule is Nc1cc(C(=O)Nc2cc(F)cc(F)c2F)ccc1F. The first kappa shape index (κ1) is 13.9. The molecule has 0 aliphatic carbocycles. The Hall–Kier alpha value is -2.57. The van der Waals surface area contributed by atoms with Gasteiger partial charge in [-0.2, -0.15) is 0 Å². The summed E-state index contributed by atoms with van der Waals surface area (Å²) in [6.07, 6.45) is 0. The zero-order valence-corrected chi connectivity index (χ0v) is 9.88. The molecule has 0 unspecified atom stereocenters. The molecule has 0 aliphatic heterocycles. The molecule has 104 valence electrons. The maximum atomic E-state index is 13.4. The van der Waals surface area contributed by atoms with E-state index in [1.54, 1.807) is 0 Å². The lowest BCUT2D eigenvalue weighted by molar-refractivity contribution is 0.102. The number of amides is 1. The van der Waals surface area contributed by atoms with Crippen LogP contribution in [0.25, 0.3) is 0 Å². The molecule has 0 bridgehead atoms. The van der Waals surface area contributed by atoms with Crippen LogP contribution in [-0.4, -0.2) is 5.91 Å². The van der Waals surface area contributed by atoms with Crippen molar-refractivity contribution in [1.82, 2.24) is 0 Å². The number of nitrogen functional groups attached to an aromatic ring is 1. The third kappa shape index (κ3) is 2.71. The zero-order chi connectivity index (χ0) is 14.9. The first-order valence-electron chi connectivity index (χ1n) is 5.39. The average Bonchev–Trinajstić information content (AvgIpc) is 2.38. The van der Waals surface area contributed by atoms with Crippen molar-refractivity contribution >= 4 is 17.3 Å². The van der Waals surface area contributed by atoms with E-state index in [0.29, 0.717) is 12.1 Å². The van der Waals surface area contributed by atoms with Crippen LogP contribution in [0.4, 0.5) is 28.9 Å². The van der Waals surface area contributed by atoms with Crippen molar-refractivity contribution in [2.45, 2.75) is 0 Å². The van der Waals surface area contributed by atoms with Crippen molar-refractivity contribution in [2.75, 3.05) is 11.1 Å². The Morgan fingerprint density at radius 2 is 1.70 bits per heavy atom. The maximum Gasteiger partial charge on any atom is 0.255 e. The number of hydrogen-bond donors (Lipinski definition) is 2. The highest BCUT2D eigenvalue weighted by atomic mass is 19.2. The number of carbonyl (C=O) groups is 1. The van der Waals surface area contributed by atoms with E-state index in [-0.39, 0.29) is 11.3 Å². The van der Waals surface area contributed by atoms with E-state index in [9.17, 15) is 22.4 Å². The van der Waals surface area contributed by atoms with Gasteiger partial charge in [-0.15, -0.1) is 0 Å². The van der Waals surface area contributed by atoms with Gasteiger partial charge in [0.1, 0.15) is 11.6 Å². The van der Waals surface area contributed by atoms with Crippen molar-refractivity contribution in [3.05, 3.63) is 59.2 Å². The van der Waals surface area contributed by atoms with Crippen LogP contribution in [0.2, 0.25) is 0 Å². The molecule has 1 amide bonds.